The molecule has 2 atom stereocenters. The molecule has 1 aliphatic heterocycles. The molecule has 0 bridgehead atoms. The highest BCUT2D eigenvalue weighted by Crippen LogP contribution is 2.30. The van der Waals surface area contributed by atoms with Crippen LogP contribution in [0.4, 0.5) is 0 Å². The van der Waals surface area contributed by atoms with Gasteiger partial charge in [0.2, 0.25) is 0 Å². The molecule has 104 valence electrons. The molecule has 20 heavy (non-hydrogen) atoms. The second-order valence-electron chi connectivity index (χ2n) is 5.81. The van der Waals surface area contributed by atoms with Crippen LogP contribution >= 0.6 is 0 Å². The van der Waals surface area contributed by atoms with Gasteiger partial charge in [-0.05, 0) is 49.1 Å². The van der Waals surface area contributed by atoms with Crippen molar-refractivity contribution in [1.82, 2.24) is 10.3 Å². The minimum absolute atomic E-state index is 0.468. The fourth-order valence-electron chi connectivity index (χ4n) is 3.29. The van der Waals surface area contributed by atoms with Crippen LogP contribution in [0.5, 0.6) is 0 Å². The normalized spacial score (nSPS) is 21.3. The molecule has 2 unspecified atom stereocenters. The van der Waals surface area contributed by atoms with Crippen molar-refractivity contribution in [2.24, 2.45) is 0 Å². The van der Waals surface area contributed by atoms with E-state index in [2.05, 4.69) is 29.5 Å². The van der Waals surface area contributed by atoms with Gasteiger partial charge in [-0.1, -0.05) is 19.8 Å². The number of aromatic nitrogens is 1. The number of nitriles is 1. The number of rotatable bonds is 2. The summed E-state index contributed by atoms with van der Waals surface area (Å²) in [6, 6.07) is 8.66. The standard InChI is InChI=1S/C17H21N3/c1-12(16-5-3-2-4-8-19-16)15-11-20-17-7-6-13(10-18)9-14(15)17/h6-7,9,11-12,16,19-20H,2-5,8H2,1H3. The average Bonchev–Trinajstić information content (AvgIpc) is 2.71. The molecule has 2 aromatic rings. The van der Waals surface area contributed by atoms with Gasteiger partial charge in [-0.15, -0.1) is 0 Å². The molecule has 0 radical (unpaired) electrons. The van der Waals surface area contributed by atoms with Crippen LogP contribution in [0.15, 0.2) is 24.4 Å². The van der Waals surface area contributed by atoms with Gasteiger partial charge in [0, 0.05) is 23.1 Å². The maximum Gasteiger partial charge on any atom is 0.0991 e. The van der Waals surface area contributed by atoms with Crippen molar-refractivity contribution >= 4 is 10.9 Å². The molecule has 1 saturated heterocycles. The quantitative estimate of drug-likeness (QED) is 0.872. The second kappa shape index (κ2) is 5.68. The molecule has 0 spiro atoms. The molecule has 2 heterocycles. The summed E-state index contributed by atoms with van der Waals surface area (Å²) in [5.74, 6) is 0.468. The highest BCUT2D eigenvalue weighted by atomic mass is 14.9. The molecule has 0 amide bonds. The van der Waals surface area contributed by atoms with Crippen molar-refractivity contribution in [3.8, 4) is 6.07 Å². The molecule has 2 N–H and O–H groups in total. The lowest BCUT2D eigenvalue weighted by molar-refractivity contribution is 0.447. The Morgan fingerprint density at radius 2 is 2.20 bits per heavy atom. The van der Waals surface area contributed by atoms with Gasteiger partial charge in [-0.2, -0.15) is 5.26 Å². The Morgan fingerprint density at radius 3 is 3.05 bits per heavy atom. The number of nitrogens with one attached hydrogen (secondary N) is 2. The zero-order valence-corrected chi connectivity index (χ0v) is 11.9. The van der Waals surface area contributed by atoms with Crippen molar-refractivity contribution < 1.29 is 0 Å². The first-order valence-corrected chi connectivity index (χ1v) is 7.54. The first-order valence-electron chi connectivity index (χ1n) is 7.54. The Balaban J connectivity index is 1.94. The number of aromatic amines is 1. The summed E-state index contributed by atoms with van der Waals surface area (Å²) < 4.78 is 0. The van der Waals surface area contributed by atoms with Gasteiger partial charge in [0.1, 0.15) is 0 Å². The summed E-state index contributed by atoms with van der Waals surface area (Å²) >= 11 is 0. The van der Waals surface area contributed by atoms with Crippen molar-refractivity contribution in [2.75, 3.05) is 6.54 Å². The minimum atomic E-state index is 0.468. The van der Waals surface area contributed by atoms with E-state index in [1.807, 2.05) is 18.2 Å². The van der Waals surface area contributed by atoms with Crippen molar-refractivity contribution in [3.63, 3.8) is 0 Å². The molecular weight excluding hydrogens is 246 g/mol. The van der Waals surface area contributed by atoms with Crippen LogP contribution < -0.4 is 5.32 Å². The number of nitrogens with zero attached hydrogens (tertiary/aromatic N) is 1. The van der Waals surface area contributed by atoms with Crippen LogP contribution in [0.1, 0.15) is 49.7 Å². The Kier molecular flexibility index (Phi) is 3.75. The van der Waals surface area contributed by atoms with Crippen LogP contribution in [0.3, 0.4) is 0 Å². The average molecular weight is 267 g/mol. The first kappa shape index (κ1) is 13.2. The van der Waals surface area contributed by atoms with Crippen molar-refractivity contribution in [2.45, 2.75) is 44.6 Å². The van der Waals surface area contributed by atoms with Gasteiger partial charge < -0.3 is 10.3 Å². The van der Waals surface area contributed by atoms with Gasteiger partial charge in [0.05, 0.1) is 11.6 Å². The van der Waals surface area contributed by atoms with Gasteiger partial charge in [0.25, 0.3) is 0 Å². The van der Waals surface area contributed by atoms with E-state index in [0.717, 1.165) is 17.6 Å². The maximum absolute atomic E-state index is 9.08. The van der Waals surface area contributed by atoms with Gasteiger partial charge in [-0.3, -0.25) is 0 Å². The summed E-state index contributed by atoms with van der Waals surface area (Å²) in [6.45, 7) is 3.42. The van der Waals surface area contributed by atoms with E-state index < -0.39 is 0 Å². The Morgan fingerprint density at radius 1 is 1.30 bits per heavy atom. The Bertz CT molecular complexity index is 627. The van der Waals surface area contributed by atoms with Crippen LogP contribution in [0, 0.1) is 11.3 Å². The van der Waals surface area contributed by atoms with Gasteiger partial charge in [-0.25, -0.2) is 0 Å². The monoisotopic (exact) mass is 267 g/mol. The molecule has 3 rings (SSSR count). The minimum Gasteiger partial charge on any atom is -0.361 e. The third kappa shape index (κ3) is 2.44. The summed E-state index contributed by atoms with van der Waals surface area (Å²) in [6.07, 6.45) is 7.29. The molecule has 0 saturated carbocycles. The second-order valence-corrected chi connectivity index (χ2v) is 5.81. The fourth-order valence-corrected chi connectivity index (χ4v) is 3.29. The molecule has 3 nitrogen and oxygen atoms in total. The summed E-state index contributed by atoms with van der Waals surface area (Å²) in [4.78, 5) is 3.34. The van der Waals surface area contributed by atoms with E-state index in [9.17, 15) is 0 Å². The third-order valence-electron chi connectivity index (χ3n) is 4.54. The Labute approximate surface area is 120 Å². The molecule has 3 heteroatoms. The number of fused-ring (bicyclic) bond motifs is 1. The van der Waals surface area contributed by atoms with Crippen LogP contribution in [0.2, 0.25) is 0 Å². The maximum atomic E-state index is 9.08. The highest BCUT2D eigenvalue weighted by molar-refractivity contribution is 5.85. The number of hydrogen-bond donors (Lipinski definition) is 2. The summed E-state index contributed by atoms with van der Waals surface area (Å²) in [5.41, 5.74) is 3.19. The van der Waals surface area contributed by atoms with Gasteiger partial charge in [0.15, 0.2) is 0 Å². The van der Waals surface area contributed by atoms with E-state index in [1.165, 1.54) is 36.6 Å². The van der Waals surface area contributed by atoms with E-state index in [-0.39, 0.29) is 0 Å². The zero-order chi connectivity index (χ0) is 13.9. The lowest BCUT2D eigenvalue weighted by Gasteiger charge is -2.23. The molecule has 1 aromatic carbocycles. The lowest BCUT2D eigenvalue weighted by atomic mass is 9.90. The fraction of sp³-hybridized carbons (Fsp3) is 0.471. The molecule has 1 aliphatic rings. The predicted octanol–water partition coefficient (Wildman–Crippen LogP) is 3.68. The van der Waals surface area contributed by atoms with Crippen LogP contribution in [-0.2, 0) is 0 Å². The molecule has 1 aromatic heterocycles. The Hall–Kier alpha value is -1.79. The number of H-pyrrole nitrogens is 1. The third-order valence-corrected chi connectivity index (χ3v) is 4.54. The first-order chi connectivity index (χ1) is 9.79. The van der Waals surface area contributed by atoms with Crippen LogP contribution in [0.25, 0.3) is 10.9 Å². The lowest BCUT2D eigenvalue weighted by Crippen LogP contribution is -2.32. The number of benzene rings is 1. The highest BCUT2D eigenvalue weighted by Gasteiger charge is 2.22. The molecular formula is C17H21N3. The van der Waals surface area contributed by atoms with E-state index >= 15 is 0 Å². The zero-order valence-electron chi connectivity index (χ0n) is 11.9. The SMILES string of the molecule is CC(c1c[nH]c2ccc(C#N)cc12)C1CCCCCN1. The van der Waals surface area contributed by atoms with E-state index in [1.54, 1.807) is 0 Å². The topological polar surface area (TPSA) is 51.6 Å². The van der Waals surface area contributed by atoms with E-state index in [4.69, 9.17) is 5.26 Å². The largest absolute Gasteiger partial charge is 0.361 e. The van der Waals surface area contributed by atoms with E-state index in [0.29, 0.717) is 12.0 Å². The molecule has 0 aliphatic carbocycles. The predicted molar refractivity (Wildman–Crippen MR) is 81.7 cm³/mol. The van der Waals surface area contributed by atoms with Crippen molar-refractivity contribution in [1.29, 1.82) is 5.26 Å². The summed E-state index contributed by atoms with van der Waals surface area (Å²) in [7, 11) is 0. The van der Waals surface area contributed by atoms with Crippen LogP contribution in [-0.4, -0.2) is 17.6 Å². The van der Waals surface area contributed by atoms with Gasteiger partial charge >= 0.3 is 0 Å². The summed E-state index contributed by atoms with van der Waals surface area (Å²) in [5, 5.41) is 14.0. The smallest absolute Gasteiger partial charge is 0.0991 e. The molecule has 1 fully saturated rings. The van der Waals surface area contributed by atoms with Crippen molar-refractivity contribution in [3.05, 3.63) is 35.5 Å². The number of hydrogen-bond acceptors (Lipinski definition) is 2.